The van der Waals surface area contributed by atoms with Crippen LogP contribution in [0.2, 0.25) is 5.02 Å². The number of rotatable bonds is 5. The first kappa shape index (κ1) is 13.7. The Morgan fingerprint density at radius 1 is 1.21 bits per heavy atom. The lowest BCUT2D eigenvalue weighted by Crippen LogP contribution is -2.11. The van der Waals surface area contributed by atoms with E-state index >= 15 is 0 Å². The van der Waals surface area contributed by atoms with Crippen molar-refractivity contribution >= 4 is 17.3 Å². The SMILES string of the molecule is Cc1cc(OCCNc2cccc(F)c2)ccc1Cl. The van der Waals surface area contributed by atoms with Crippen molar-refractivity contribution in [2.75, 3.05) is 18.5 Å². The molecule has 0 spiro atoms. The highest BCUT2D eigenvalue weighted by atomic mass is 35.5. The second-order valence-corrected chi connectivity index (χ2v) is 4.60. The average molecular weight is 280 g/mol. The Morgan fingerprint density at radius 3 is 2.79 bits per heavy atom. The molecule has 0 saturated heterocycles. The van der Waals surface area contributed by atoms with E-state index in [2.05, 4.69) is 5.32 Å². The van der Waals surface area contributed by atoms with Gasteiger partial charge in [-0.1, -0.05) is 17.7 Å². The standard InChI is InChI=1S/C15H15ClFNO/c1-11-9-14(5-6-15(11)16)19-8-7-18-13-4-2-3-12(17)10-13/h2-6,9-10,18H,7-8H2,1H3. The maximum atomic E-state index is 12.9. The van der Waals surface area contributed by atoms with Crippen LogP contribution in [0, 0.1) is 12.7 Å². The summed E-state index contributed by atoms with van der Waals surface area (Å²) >= 11 is 5.93. The van der Waals surface area contributed by atoms with Crippen LogP contribution in [0.1, 0.15) is 5.56 Å². The van der Waals surface area contributed by atoms with Gasteiger partial charge in [-0.25, -0.2) is 4.39 Å². The number of anilines is 1. The van der Waals surface area contributed by atoms with Crippen LogP contribution < -0.4 is 10.1 Å². The number of hydrogen-bond donors (Lipinski definition) is 1. The minimum atomic E-state index is -0.251. The number of ether oxygens (including phenoxy) is 1. The normalized spacial score (nSPS) is 10.3. The minimum Gasteiger partial charge on any atom is -0.492 e. The molecule has 0 saturated carbocycles. The predicted molar refractivity (Wildman–Crippen MR) is 76.6 cm³/mol. The van der Waals surface area contributed by atoms with E-state index in [4.69, 9.17) is 16.3 Å². The van der Waals surface area contributed by atoms with Crippen LogP contribution in [-0.2, 0) is 0 Å². The maximum absolute atomic E-state index is 12.9. The van der Waals surface area contributed by atoms with Crippen molar-refractivity contribution in [3.05, 3.63) is 58.9 Å². The molecular formula is C15H15ClFNO. The zero-order valence-electron chi connectivity index (χ0n) is 10.6. The summed E-state index contributed by atoms with van der Waals surface area (Å²) in [5, 5.41) is 3.82. The van der Waals surface area contributed by atoms with Gasteiger partial charge in [-0.3, -0.25) is 0 Å². The first-order chi connectivity index (χ1) is 9.15. The van der Waals surface area contributed by atoms with Crippen LogP contribution in [-0.4, -0.2) is 13.2 Å². The van der Waals surface area contributed by atoms with Gasteiger partial charge in [0.2, 0.25) is 0 Å². The summed E-state index contributed by atoms with van der Waals surface area (Å²) in [4.78, 5) is 0. The van der Waals surface area contributed by atoms with Gasteiger partial charge in [0.25, 0.3) is 0 Å². The smallest absolute Gasteiger partial charge is 0.125 e. The molecule has 0 heterocycles. The molecule has 0 atom stereocenters. The van der Waals surface area contributed by atoms with Gasteiger partial charge in [0.05, 0.1) is 0 Å². The fourth-order valence-electron chi connectivity index (χ4n) is 1.67. The van der Waals surface area contributed by atoms with E-state index in [1.165, 1.54) is 12.1 Å². The van der Waals surface area contributed by atoms with Crippen molar-refractivity contribution in [1.82, 2.24) is 0 Å². The van der Waals surface area contributed by atoms with Crippen LogP contribution >= 0.6 is 11.6 Å². The number of benzene rings is 2. The Balaban J connectivity index is 1.79. The Bertz CT molecular complexity index is 560. The van der Waals surface area contributed by atoms with Crippen molar-refractivity contribution in [3.8, 4) is 5.75 Å². The summed E-state index contributed by atoms with van der Waals surface area (Å²) in [6, 6.07) is 11.9. The van der Waals surface area contributed by atoms with Crippen molar-refractivity contribution in [1.29, 1.82) is 0 Å². The largest absolute Gasteiger partial charge is 0.492 e. The van der Waals surface area contributed by atoms with Crippen LogP contribution in [0.4, 0.5) is 10.1 Å². The van der Waals surface area contributed by atoms with Gasteiger partial charge in [-0.15, -0.1) is 0 Å². The lowest BCUT2D eigenvalue weighted by molar-refractivity contribution is 0.332. The van der Waals surface area contributed by atoms with Gasteiger partial charge >= 0.3 is 0 Å². The van der Waals surface area contributed by atoms with Crippen LogP contribution in [0.3, 0.4) is 0 Å². The maximum Gasteiger partial charge on any atom is 0.125 e. The van der Waals surface area contributed by atoms with E-state index in [0.717, 1.165) is 22.0 Å². The van der Waals surface area contributed by atoms with Gasteiger partial charge in [-0.2, -0.15) is 0 Å². The van der Waals surface area contributed by atoms with Crippen LogP contribution in [0.15, 0.2) is 42.5 Å². The molecule has 4 heteroatoms. The molecule has 2 aromatic carbocycles. The molecule has 100 valence electrons. The highest BCUT2D eigenvalue weighted by Gasteiger charge is 1.99. The summed E-state index contributed by atoms with van der Waals surface area (Å²) in [5.41, 5.74) is 1.73. The molecule has 0 aliphatic heterocycles. The fraction of sp³-hybridized carbons (Fsp3) is 0.200. The van der Waals surface area contributed by atoms with E-state index in [9.17, 15) is 4.39 Å². The second kappa shape index (κ2) is 6.43. The molecule has 0 aromatic heterocycles. The van der Waals surface area contributed by atoms with E-state index in [1.807, 2.05) is 31.2 Å². The summed E-state index contributed by atoms with van der Waals surface area (Å²) in [5.74, 6) is 0.530. The number of halogens is 2. The monoisotopic (exact) mass is 279 g/mol. The molecule has 2 aromatic rings. The molecule has 1 N–H and O–H groups in total. The highest BCUT2D eigenvalue weighted by molar-refractivity contribution is 6.31. The molecular weight excluding hydrogens is 265 g/mol. The van der Waals surface area contributed by atoms with Crippen LogP contribution in [0.25, 0.3) is 0 Å². The topological polar surface area (TPSA) is 21.3 Å². The van der Waals surface area contributed by atoms with Gasteiger partial charge in [0.1, 0.15) is 18.2 Å². The Morgan fingerprint density at radius 2 is 2.05 bits per heavy atom. The molecule has 0 amide bonds. The zero-order valence-corrected chi connectivity index (χ0v) is 11.4. The first-order valence-electron chi connectivity index (χ1n) is 6.03. The van der Waals surface area contributed by atoms with Crippen molar-refractivity contribution in [3.63, 3.8) is 0 Å². The van der Waals surface area contributed by atoms with E-state index < -0.39 is 0 Å². The summed E-state index contributed by atoms with van der Waals surface area (Å²) in [6.45, 7) is 3.03. The highest BCUT2D eigenvalue weighted by Crippen LogP contribution is 2.20. The first-order valence-corrected chi connectivity index (χ1v) is 6.41. The second-order valence-electron chi connectivity index (χ2n) is 4.20. The van der Waals surface area contributed by atoms with Crippen molar-refractivity contribution in [2.45, 2.75) is 6.92 Å². The summed E-state index contributed by atoms with van der Waals surface area (Å²) in [6.07, 6.45) is 0. The minimum absolute atomic E-state index is 0.251. The number of hydrogen-bond acceptors (Lipinski definition) is 2. The van der Waals surface area contributed by atoms with Gasteiger partial charge in [0, 0.05) is 17.3 Å². The molecule has 0 fully saturated rings. The van der Waals surface area contributed by atoms with Crippen molar-refractivity contribution in [2.24, 2.45) is 0 Å². The lowest BCUT2D eigenvalue weighted by Gasteiger charge is -2.09. The van der Waals surface area contributed by atoms with Crippen LogP contribution in [0.5, 0.6) is 5.75 Å². The molecule has 0 aliphatic carbocycles. The van der Waals surface area contributed by atoms with E-state index in [-0.39, 0.29) is 5.82 Å². The zero-order chi connectivity index (χ0) is 13.7. The molecule has 0 bridgehead atoms. The lowest BCUT2D eigenvalue weighted by atomic mass is 10.2. The Hall–Kier alpha value is -1.74. The van der Waals surface area contributed by atoms with Gasteiger partial charge < -0.3 is 10.1 Å². The molecule has 0 radical (unpaired) electrons. The Labute approximate surface area is 117 Å². The molecule has 2 rings (SSSR count). The number of aryl methyl sites for hydroxylation is 1. The molecule has 19 heavy (non-hydrogen) atoms. The van der Waals surface area contributed by atoms with Gasteiger partial charge in [-0.05, 0) is 48.9 Å². The third kappa shape index (κ3) is 4.14. The van der Waals surface area contributed by atoms with Gasteiger partial charge in [0.15, 0.2) is 0 Å². The molecule has 0 unspecified atom stereocenters. The van der Waals surface area contributed by atoms with Crippen molar-refractivity contribution < 1.29 is 9.13 Å². The third-order valence-corrected chi connectivity index (χ3v) is 3.08. The summed E-state index contributed by atoms with van der Waals surface area (Å²) in [7, 11) is 0. The number of nitrogens with one attached hydrogen (secondary N) is 1. The third-order valence-electron chi connectivity index (χ3n) is 2.65. The molecule has 0 aliphatic rings. The quantitative estimate of drug-likeness (QED) is 0.825. The van der Waals surface area contributed by atoms with E-state index in [0.29, 0.717) is 13.2 Å². The predicted octanol–water partition coefficient (Wildman–Crippen LogP) is 4.28. The Kier molecular flexibility index (Phi) is 4.63. The van der Waals surface area contributed by atoms with E-state index in [1.54, 1.807) is 6.07 Å². The summed E-state index contributed by atoms with van der Waals surface area (Å²) < 4.78 is 18.5. The molecule has 2 nitrogen and oxygen atoms in total. The fourth-order valence-corrected chi connectivity index (χ4v) is 1.79. The average Bonchev–Trinajstić information content (AvgIpc) is 2.39.